The maximum atomic E-state index is 12.1. The topological polar surface area (TPSA) is 72.9 Å². The van der Waals surface area contributed by atoms with E-state index in [-0.39, 0.29) is 11.9 Å². The monoisotopic (exact) mass is 272 g/mol. The zero-order valence-electron chi connectivity index (χ0n) is 11.8. The molecule has 5 heteroatoms. The lowest BCUT2D eigenvalue weighted by molar-refractivity contribution is 0.0930. The minimum Gasteiger partial charge on any atom is -0.396 e. The number of nitrogens with one attached hydrogen (secondary N) is 1. The van der Waals surface area contributed by atoms with Gasteiger partial charge in [-0.25, -0.2) is 0 Å². The number of nitrogen functional groups attached to an aromatic ring is 1. The van der Waals surface area contributed by atoms with E-state index in [0.717, 1.165) is 12.8 Å². The van der Waals surface area contributed by atoms with Gasteiger partial charge in [0, 0.05) is 13.1 Å². The highest BCUT2D eigenvalue weighted by molar-refractivity contribution is 5.97. The summed E-state index contributed by atoms with van der Waals surface area (Å²) in [5.74, 6) is -0.178. The molecule has 1 unspecified atom stereocenters. The number of aryl methyl sites for hydroxylation is 2. The molecule has 1 amide bonds. The predicted octanol–water partition coefficient (Wildman–Crippen LogP) is 1.75. The largest absolute Gasteiger partial charge is 0.396 e. The number of nitrogens with two attached hydrogens (primary N) is 1. The van der Waals surface area contributed by atoms with Crippen molar-refractivity contribution >= 4 is 11.6 Å². The second kappa shape index (κ2) is 6.23. The fourth-order valence-corrected chi connectivity index (χ4v) is 2.12. The molecular weight excluding hydrogens is 252 g/mol. The van der Waals surface area contributed by atoms with E-state index in [9.17, 15) is 4.79 Å². The molecule has 0 bridgehead atoms. The summed E-state index contributed by atoms with van der Waals surface area (Å²) >= 11 is 0. The van der Waals surface area contributed by atoms with Gasteiger partial charge in [-0.1, -0.05) is 30.3 Å². The van der Waals surface area contributed by atoms with Gasteiger partial charge in [0.1, 0.15) is 5.69 Å². The highest BCUT2D eigenvalue weighted by atomic mass is 16.2. The van der Waals surface area contributed by atoms with Crippen LogP contribution >= 0.6 is 0 Å². The Balaban J connectivity index is 1.89. The van der Waals surface area contributed by atoms with Gasteiger partial charge in [-0.2, -0.15) is 5.10 Å². The van der Waals surface area contributed by atoms with Gasteiger partial charge in [0.2, 0.25) is 0 Å². The zero-order valence-corrected chi connectivity index (χ0v) is 11.8. The highest BCUT2D eigenvalue weighted by Crippen LogP contribution is 2.10. The Morgan fingerprint density at radius 2 is 2.10 bits per heavy atom. The summed E-state index contributed by atoms with van der Waals surface area (Å²) in [4.78, 5) is 12.1. The van der Waals surface area contributed by atoms with Crippen LogP contribution in [0.25, 0.3) is 0 Å². The van der Waals surface area contributed by atoms with Crippen molar-refractivity contribution in [2.24, 2.45) is 7.05 Å². The van der Waals surface area contributed by atoms with Crippen molar-refractivity contribution in [2.45, 2.75) is 25.8 Å². The lowest BCUT2D eigenvalue weighted by Crippen LogP contribution is -2.34. The minimum absolute atomic E-state index is 0.0806. The summed E-state index contributed by atoms with van der Waals surface area (Å²) in [7, 11) is 1.71. The Morgan fingerprint density at radius 1 is 1.40 bits per heavy atom. The molecule has 0 spiro atoms. The van der Waals surface area contributed by atoms with Gasteiger partial charge < -0.3 is 11.1 Å². The quantitative estimate of drug-likeness (QED) is 0.871. The Hall–Kier alpha value is -2.30. The van der Waals surface area contributed by atoms with Gasteiger partial charge in [-0.05, 0) is 25.3 Å². The van der Waals surface area contributed by atoms with Crippen LogP contribution < -0.4 is 11.1 Å². The number of carbonyl (C=O) groups is 1. The van der Waals surface area contributed by atoms with Crippen LogP contribution in [0.5, 0.6) is 0 Å². The van der Waals surface area contributed by atoms with E-state index < -0.39 is 0 Å². The molecule has 0 radical (unpaired) electrons. The first-order chi connectivity index (χ1) is 9.58. The van der Waals surface area contributed by atoms with E-state index in [4.69, 9.17) is 5.73 Å². The van der Waals surface area contributed by atoms with Crippen molar-refractivity contribution in [3.05, 3.63) is 47.8 Å². The number of carbonyl (C=O) groups excluding carboxylic acids is 1. The van der Waals surface area contributed by atoms with Gasteiger partial charge in [0.05, 0.1) is 11.9 Å². The van der Waals surface area contributed by atoms with Crippen molar-refractivity contribution < 1.29 is 4.79 Å². The number of hydrogen-bond acceptors (Lipinski definition) is 3. The van der Waals surface area contributed by atoms with Crippen LogP contribution in [-0.4, -0.2) is 21.7 Å². The second-order valence-corrected chi connectivity index (χ2v) is 4.97. The zero-order chi connectivity index (χ0) is 14.5. The smallest absolute Gasteiger partial charge is 0.271 e. The summed E-state index contributed by atoms with van der Waals surface area (Å²) in [5.41, 5.74) is 7.83. The molecule has 20 heavy (non-hydrogen) atoms. The average molecular weight is 272 g/mol. The van der Waals surface area contributed by atoms with Crippen molar-refractivity contribution in [3.63, 3.8) is 0 Å². The maximum Gasteiger partial charge on any atom is 0.271 e. The van der Waals surface area contributed by atoms with Crippen LogP contribution in [0.3, 0.4) is 0 Å². The summed E-state index contributed by atoms with van der Waals surface area (Å²) in [6.45, 7) is 1.99. The summed E-state index contributed by atoms with van der Waals surface area (Å²) < 4.78 is 1.49. The summed E-state index contributed by atoms with van der Waals surface area (Å²) in [5, 5.41) is 6.92. The number of anilines is 1. The predicted molar refractivity (Wildman–Crippen MR) is 79.3 cm³/mol. The first-order valence-corrected chi connectivity index (χ1v) is 6.70. The van der Waals surface area contributed by atoms with Gasteiger partial charge in [-0.15, -0.1) is 0 Å². The molecule has 1 aromatic carbocycles. The van der Waals surface area contributed by atoms with Crippen molar-refractivity contribution in [3.8, 4) is 0 Å². The molecule has 0 aliphatic heterocycles. The maximum absolute atomic E-state index is 12.1. The van der Waals surface area contributed by atoms with E-state index in [0.29, 0.717) is 11.4 Å². The molecule has 0 saturated carbocycles. The summed E-state index contributed by atoms with van der Waals surface area (Å²) in [6, 6.07) is 10.3. The highest BCUT2D eigenvalue weighted by Gasteiger charge is 2.16. The number of benzene rings is 1. The molecule has 1 heterocycles. The molecule has 1 aromatic heterocycles. The number of amides is 1. The lowest BCUT2D eigenvalue weighted by Gasteiger charge is -2.14. The number of rotatable bonds is 5. The first kappa shape index (κ1) is 14.1. The SMILES string of the molecule is CC(CCc1ccccc1)NC(=O)c1c(N)cnn1C. The van der Waals surface area contributed by atoms with Gasteiger partial charge in [0.25, 0.3) is 5.91 Å². The standard InChI is InChI=1S/C15H20N4O/c1-11(8-9-12-6-4-3-5-7-12)18-15(20)14-13(16)10-17-19(14)2/h3-7,10-11H,8-9,16H2,1-2H3,(H,18,20). The van der Waals surface area contributed by atoms with E-state index in [1.54, 1.807) is 7.05 Å². The fourth-order valence-electron chi connectivity index (χ4n) is 2.12. The normalized spacial score (nSPS) is 12.1. The molecule has 5 nitrogen and oxygen atoms in total. The van der Waals surface area contributed by atoms with E-state index >= 15 is 0 Å². The van der Waals surface area contributed by atoms with E-state index in [1.807, 2.05) is 25.1 Å². The molecule has 2 rings (SSSR count). The average Bonchev–Trinajstić information content (AvgIpc) is 2.77. The molecule has 1 atom stereocenters. The summed E-state index contributed by atoms with van der Waals surface area (Å²) in [6.07, 6.45) is 3.31. The Bertz CT molecular complexity index is 557. The van der Waals surface area contributed by atoms with Crippen molar-refractivity contribution in [1.82, 2.24) is 15.1 Å². The third kappa shape index (κ3) is 3.38. The lowest BCUT2D eigenvalue weighted by atomic mass is 10.1. The van der Waals surface area contributed by atoms with Crippen LogP contribution in [-0.2, 0) is 13.5 Å². The Morgan fingerprint density at radius 3 is 2.70 bits per heavy atom. The minimum atomic E-state index is -0.178. The Labute approximate surface area is 118 Å². The van der Waals surface area contributed by atoms with E-state index in [2.05, 4.69) is 22.5 Å². The molecule has 0 aliphatic carbocycles. The van der Waals surface area contributed by atoms with Crippen molar-refractivity contribution in [1.29, 1.82) is 0 Å². The molecule has 106 valence electrons. The first-order valence-electron chi connectivity index (χ1n) is 6.70. The second-order valence-electron chi connectivity index (χ2n) is 4.97. The number of hydrogen-bond donors (Lipinski definition) is 2. The van der Waals surface area contributed by atoms with Gasteiger partial charge in [-0.3, -0.25) is 9.48 Å². The van der Waals surface area contributed by atoms with Crippen LogP contribution in [0, 0.1) is 0 Å². The third-order valence-electron chi connectivity index (χ3n) is 3.27. The molecule has 2 aromatic rings. The molecule has 0 aliphatic rings. The van der Waals surface area contributed by atoms with Gasteiger partial charge in [0.15, 0.2) is 0 Å². The fraction of sp³-hybridized carbons (Fsp3) is 0.333. The number of nitrogens with zero attached hydrogens (tertiary/aromatic N) is 2. The molecule has 0 fully saturated rings. The number of aromatic nitrogens is 2. The third-order valence-corrected chi connectivity index (χ3v) is 3.27. The molecule has 0 saturated heterocycles. The molecule has 3 N–H and O–H groups in total. The van der Waals surface area contributed by atoms with Gasteiger partial charge >= 0.3 is 0 Å². The van der Waals surface area contributed by atoms with Crippen LogP contribution in [0.2, 0.25) is 0 Å². The van der Waals surface area contributed by atoms with E-state index in [1.165, 1.54) is 16.4 Å². The van der Waals surface area contributed by atoms with Crippen LogP contribution in [0.1, 0.15) is 29.4 Å². The van der Waals surface area contributed by atoms with Crippen molar-refractivity contribution in [2.75, 3.05) is 5.73 Å². The van der Waals surface area contributed by atoms with Crippen LogP contribution in [0.15, 0.2) is 36.5 Å². The van der Waals surface area contributed by atoms with Crippen LogP contribution in [0.4, 0.5) is 5.69 Å². The molecular formula is C15H20N4O. The Kier molecular flexibility index (Phi) is 4.40.